The zero-order chi connectivity index (χ0) is 24.2. The number of carbonyl (C=O) groups excluding carboxylic acids is 2. The highest BCUT2D eigenvalue weighted by atomic mass is 19.1. The maximum absolute atomic E-state index is 13.8. The third-order valence-corrected chi connectivity index (χ3v) is 5.59. The van der Waals surface area contributed by atoms with E-state index in [1.807, 2.05) is 48.5 Å². The maximum atomic E-state index is 13.8. The Morgan fingerprint density at radius 1 is 0.971 bits per heavy atom. The lowest BCUT2D eigenvalue weighted by molar-refractivity contribution is -0.140. The highest BCUT2D eigenvalue weighted by Crippen LogP contribution is 2.44. The van der Waals surface area contributed by atoms with Crippen molar-refractivity contribution < 1.29 is 33.7 Å². The predicted molar refractivity (Wildman–Crippen MR) is 121 cm³/mol. The van der Waals surface area contributed by atoms with Crippen LogP contribution in [0.3, 0.4) is 0 Å². The van der Waals surface area contributed by atoms with E-state index in [4.69, 9.17) is 14.9 Å². The van der Waals surface area contributed by atoms with Gasteiger partial charge in [-0.1, -0.05) is 48.5 Å². The number of aliphatic hydroxyl groups is 1. The van der Waals surface area contributed by atoms with Gasteiger partial charge in [0, 0.05) is 5.92 Å². The molecule has 2 amide bonds. The van der Waals surface area contributed by atoms with Gasteiger partial charge in [0.15, 0.2) is 6.04 Å². The number of hydrogen-bond donors (Lipinski definition) is 4. The number of carbonyl (C=O) groups is 3. The van der Waals surface area contributed by atoms with Gasteiger partial charge in [0.1, 0.15) is 12.4 Å². The number of ether oxygens (including phenoxy) is 1. The summed E-state index contributed by atoms with van der Waals surface area (Å²) in [6.45, 7) is -0.820. The van der Waals surface area contributed by atoms with Crippen molar-refractivity contribution in [2.75, 3.05) is 18.5 Å². The number of aliphatic carboxylic acids is 1. The van der Waals surface area contributed by atoms with Gasteiger partial charge in [0.25, 0.3) is 5.91 Å². The van der Waals surface area contributed by atoms with Crippen LogP contribution < -0.4 is 10.6 Å². The molecule has 3 aromatic carbocycles. The van der Waals surface area contributed by atoms with Crippen LogP contribution in [0.4, 0.5) is 14.9 Å². The van der Waals surface area contributed by atoms with Gasteiger partial charge in [-0.2, -0.15) is 0 Å². The van der Waals surface area contributed by atoms with Gasteiger partial charge in [-0.3, -0.25) is 10.1 Å². The van der Waals surface area contributed by atoms with Crippen molar-refractivity contribution in [3.63, 3.8) is 0 Å². The molecule has 0 spiro atoms. The highest BCUT2D eigenvalue weighted by molar-refractivity contribution is 6.03. The zero-order valence-electron chi connectivity index (χ0n) is 17.8. The summed E-state index contributed by atoms with van der Waals surface area (Å²) < 4.78 is 19.2. The molecule has 1 aliphatic carbocycles. The molecule has 34 heavy (non-hydrogen) atoms. The van der Waals surface area contributed by atoms with Crippen LogP contribution in [-0.4, -0.2) is 47.4 Å². The number of hydrogen-bond acceptors (Lipinski definition) is 5. The van der Waals surface area contributed by atoms with Gasteiger partial charge in [-0.15, -0.1) is 0 Å². The lowest BCUT2D eigenvalue weighted by Crippen LogP contribution is -2.43. The average Bonchev–Trinajstić information content (AvgIpc) is 3.15. The van der Waals surface area contributed by atoms with Crippen LogP contribution in [-0.2, 0) is 9.53 Å². The molecule has 0 aliphatic heterocycles. The van der Waals surface area contributed by atoms with Crippen LogP contribution in [0.1, 0.15) is 27.4 Å². The molecule has 0 saturated heterocycles. The van der Waals surface area contributed by atoms with E-state index < -0.39 is 36.4 Å². The number of anilines is 1. The van der Waals surface area contributed by atoms with Gasteiger partial charge < -0.3 is 20.3 Å². The average molecular weight is 464 g/mol. The third-order valence-electron chi connectivity index (χ3n) is 5.59. The van der Waals surface area contributed by atoms with E-state index in [9.17, 15) is 18.8 Å². The molecular formula is C25H21FN2O6. The fourth-order valence-corrected chi connectivity index (χ4v) is 3.98. The third kappa shape index (κ3) is 4.60. The number of aliphatic hydroxyl groups excluding tert-OH is 1. The molecule has 3 aromatic rings. The molecule has 4 rings (SSSR count). The molecule has 0 heterocycles. The minimum atomic E-state index is -1.59. The fourth-order valence-electron chi connectivity index (χ4n) is 3.98. The van der Waals surface area contributed by atoms with Crippen molar-refractivity contribution in [1.82, 2.24) is 5.32 Å². The Morgan fingerprint density at radius 3 is 2.18 bits per heavy atom. The smallest absolute Gasteiger partial charge is 0.411 e. The van der Waals surface area contributed by atoms with E-state index >= 15 is 0 Å². The van der Waals surface area contributed by atoms with E-state index in [2.05, 4.69) is 10.6 Å². The second-order valence-corrected chi connectivity index (χ2v) is 7.69. The zero-order valence-corrected chi connectivity index (χ0v) is 17.8. The van der Waals surface area contributed by atoms with E-state index in [0.29, 0.717) is 0 Å². The first-order chi connectivity index (χ1) is 16.4. The number of carboxylic acid groups (broad SMARTS) is 1. The Kier molecular flexibility index (Phi) is 6.55. The van der Waals surface area contributed by atoms with Crippen molar-refractivity contribution in [2.24, 2.45) is 0 Å². The normalized spacial score (nSPS) is 12.9. The molecule has 0 bridgehead atoms. The van der Waals surface area contributed by atoms with E-state index in [1.54, 1.807) is 0 Å². The minimum absolute atomic E-state index is 0.0359. The van der Waals surface area contributed by atoms with Crippen molar-refractivity contribution in [3.05, 3.63) is 89.2 Å². The van der Waals surface area contributed by atoms with Crippen molar-refractivity contribution in [3.8, 4) is 11.1 Å². The van der Waals surface area contributed by atoms with Gasteiger partial charge in [-0.05, 0) is 40.5 Å². The summed E-state index contributed by atoms with van der Waals surface area (Å²) in [4.78, 5) is 36.1. The first-order valence-corrected chi connectivity index (χ1v) is 10.4. The van der Waals surface area contributed by atoms with Crippen LogP contribution in [0.15, 0.2) is 66.7 Å². The number of fused-ring (bicyclic) bond motifs is 3. The van der Waals surface area contributed by atoms with Crippen LogP contribution >= 0.6 is 0 Å². The summed E-state index contributed by atoms with van der Waals surface area (Å²) in [5.41, 5.74) is 3.82. The predicted octanol–water partition coefficient (Wildman–Crippen LogP) is 3.36. The van der Waals surface area contributed by atoms with E-state index in [0.717, 1.165) is 34.4 Å². The molecule has 174 valence electrons. The van der Waals surface area contributed by atoms with E-state index in [-0.39, 0.29) is 23.8 Å². The Bertz CT molecular complexity index is 1220. The van der Waals surface area contributed by atoms with Gasteiger partial charge >= 0.3 is 12.1 Å². The lowest BCUT2D eigenvalue weighted by atomic mass is 9.98. The Labute approximate surface area is 194 Å². The second-order valence-electron chi connectivity index (χ2n) is 7.69. The molecule has 0 radical (unpaired) electrons. The van der Waals surface area contributed by atoms with Gasteiger partial charge in [0.2, 0.25) is 0 Å². The summed E-state index contributed by atoms with van der Waals surface area (Å²) in [5.74, 6) is -3.37. The maximum Gasteiger partial charge on any atom is 0.411 e. The molecule has 4 N–H and O–H groups in total. The van der Waals surface area contributed by atoms with Crippen LogP contribution in [0.25, 0.3) is 11.1 Å². The summed E-state index contributed by atoms with van der Waals surface area (Å²) in [6, 6.07) is 17.2. The molecule has 1 aliphatic rings. The monoisotopic (exact) mass is 464 g/mol. The number of carboxylic acids is 1. The largest absolute Gasteiger partial charge is 0.480 e. The molecule has 0 aromatic heterocycles. The number of halogens is 1. The van der Waals surface area contributed by atoms with Crippen LogP contribution in [0.2, 0.25) is 0 Å². The van der Waals surface area contributed by atoms with Gasteiger partial charge in [-0.25, -0.2) is 14.0 Å². The molecule has 0 saturated carbocycles. The summed E-state index contributed by atoms with van der Waals surface area (Å²) >= 11 is 0. The first kappa shape index (κ1) is 22.9. The summed E-state index contributed by atoms with van der Waals surface area (Å²) in [7, 11) is 0. The van der Waals surface area contributed by atoms with Gasteiger partial charge in [0.05, 0.1) is 17.9 Å². The second kappa shape index (κ2) is 9.72. The number of benzene rings is 3. The van der Waals surface area contributed by atoms with Crippen molar-refractivity contribution in [2.45, 2.75) is 12.0 Å². The first-order valence-electron chi connectivity index (χ1n) is 10.4. The molecule has 0 unspecified atom stereocenters. The lowest BCUT2D eigenvalue weighted by Gasteiger charge is -2.16. The Morgan fingerprint density at radius 2 is 1.59 bits per heavy atom. The SMILES string of the molecule is O=C(Nc1ccc(F)cc1C(=O)N[C@H](CO)C(=O)O)OCC1c2ccccc2-c2ccccc21. The Balaban J connectivity index is 1.48. The van der Waals surface area contributed by atoms with Crippen LogP contribution in [0, 0.1) is 5.82 Å². The van der Waals surface area contributed by atoms with Crippen molar-refractivity contribution in [1.29, 1.82) is 0 Å². The Hall–Kier alpha value is -4.24. The molecule has 9 heteroatoms. The van der Waals surface area contributed by atoms with Crippen LogP contribution in [0.5, 0.6) is 0 Å². The molecule has 8 nitrogen and oxygen atoms in total. The van der Waals surface area contributed by atoms with Crippen molar-refractivity contribution >= 4 is 23.7 Å². The molecule has 1 atom stereocenters. The fraction of sp³-hybridized carbons (Fsp3) is 0.160. The topological polar surface area (TPSA) is 125 Å². The molecule has 0 fully saturated rings. The quantitative estimate of drug-likeness (QED) is 0.425. The summed E-state index contributed by atoms with van der Waals surface area (Å²) in [5, 5.41) is 22.6. The number of rotatable bonds is 7. The highest BCUT2D eigenvalue weighted by Gasteiger charge is 2.29. The number of nitrogens with one attached hydrogen (secondary N) is 2. The number of amides is 2. The molecular weight excluding hydrogens is 443 g/mol. The summed E-state index contributed by atoms with van der Waals surface area (Å²) in [6.07, 6.45) is -0.862. The van der Waals surface area contributed by atoms with E-state index in [1.165, 1.54) is 6.07 Å². The minimum Gasteiger partial charge on any atom is -0.480 e. The standard InChI is InChI=1S/C25H21FN2O6/c26-14-9-10-21(19(11-14)23(30)27-22(12-29)24(31)32)28-25(33)34-13-20-17-7-3-1-5-15(17)16-6-2-4-8-18(16)20/h1-11,20,22,29H,12-13H2,(H,27,30)(H,28,33)(H,31,32)/t22-/m1/s1.